The Hall–Kier alpha value is 0.766. The van der Waals surface area contributed by atoms with E-state index in [1.54, 1.807) is 4.55 Å². The van der Waals surface area contributed by atoms with E-state index < -0.39 is 0 Å². The van der Waals surface area contributed by atoms with E-state index in [2.05, 4.69) is 12.0 Å². The van der Waals surface area contributed by atoms with Crippen LogP contribution in [0, 0.1) is 0 Å². The molecule has 0 unspecified atom stereocenters. The van der Waals surface area contributed by atoms with Crippen LogP contribution in [0.2, 0.25) is 9.60 Å². The minimum Gasteiger partial charge on any atom is -0.157 e. The van der Waals surface area contributed by atoms with Crippen LogP contribution in [0.25, 0.3) is 0 Å². The van der Waals surface area contributed by atoms with Gasteiger partial charge in [0.05, 0.1) is 0 Å². The highest BCUT2D eigenvalue weighted by atomic mass is 24.5. The molecule has 0 aliphatic rings. The summed E-state index contributed by atoms with van der Waals surface area (Å²) in [7, 11) is 0. The average molecular weight is 125 g/mol. The standard InChI is InChI=1S/C6H13.CH3.Mg/c1-3-5-6-4-2;;/h1,3-6H2,2H3;1H3;. The molecule has 0 heterocycles. The Labute approximate surface area is 62.8 Å². The van der Waals surface area contributed by atoms with Crippen LogP contribution in [-0.4, -0.2) is 20.4 Å². The molecular weight excluding hydrogens is 108 g/mol. The maximum absolute atomic E-state index is 2.39. The Kier molecular flexibility index (Phi) is 8.51. The van der Waals surface area contributed by atoms with Gasteiger partial charge in [-0.3, -0.25) is 0 Å². The molecule has 8 heavy (non-hydrogen) atoms. The molecule has 0 aliphatic carbocycles. The second-order valence-corrected chi connectivity index (χ2v) is 4.12. The molecule has 0 saturated carbocycles. The van der Waals surface area contributed by atoms with Crippen molar-refractivity contribution < 1.29 is 0 Å². The van der Waals surface area contributed by atoms with E-state index in [1.165, 1.54) is 25.7 Å². The first kappa shape index (κ1) is 8.77. The molecule has 1 heteroatoms. The second-order valence-electron chi connectivity index (χ2n) is 2.41. The summed E-state index contributed by atoms with van der Waals surface area (Å²) in [5.74, 6) is 0. The smallest absolute Gasteiger partial charge is 0.157 e. The van der Waals surface area contributed by atoms with Gasteiger partial charge in [-0.1, -0.05) is 32.6 Å². The zero-order chi connectivity index (χ0) is 6.24. The van der Waals surface area contributed by atoms with Crippen molar-refractivity contribution in [1.29, 1.82) is 0 Å². The largest absolute Gasteiger partial charge is 0.360 e. The van der Waals surface area contributed by atoms with E-state index in [1.807, 2.05) is 0 Å². The first-order chi connectivity index (χ1) is 3.91. The van der Waals surface area contributed by atoms with Crippen molar-refractivity contribution in [2.45, 2.75) is 42.2 Å². The number of rotatable bonds is 5. The average Bonchev–Trinajstić information content (AvgIpc) is 1.81. The van der Waals surface area contributed by atoms with Crippen LogP contribution in [0.1, 0.15) is 32.6 Å². The Morgan fingerprint density at radius 2 is 1.88 bits per heavy atom. The summed E-state index contributed by atoms with van der Waals surface area (Å²) in [5, 5.41) is 2.39. The Morgan fingerprint density at radius 1 is 1.12 bits per heavy atom. The fraction of sp³-hybridized carbons (Fsp3) is 1.00. The van der Waals surface area contributed by atoms with Crippen LogP contribution in [0.5, 0.6) is 0 Å². The third kappa shape index (κ3) is 6.77. The van der Waals surface area contributed by atoms with Crippen molar-refractivity contribution in [2.75, 3.05) is 0 Å². The molecule has 0 N–H and O–H groups in total. The zero-order valence-corrected chi connectivity index (χ0v) is 7.66. The summed E-state index contributed by atoms with van der Waals surface area (Å²) in [4.78, 5) is 0. The fourth-order valence-electron chi connectivity index (χ4n) is 0.854. The number of unbranched alkanes of at least 4 members (excludes halogenated alkanes) is 3. The molecule has 0 bridgehead atoms. The van der Waals surface area contributed by atoms with Gasteiger partial charge in [0.25, 0.3) is 0 Å². The van der Waals surface area contributed by atoms with Gasteiger partial charge < -0.3 is 0 Å². The second kappa shape index (κ2) is 7.77. The van der Waals surface area contributed by atoms with Crippen LogP contribution in [0.4, 0.5) is 0 Å². The maximum Gasteiger partial charge on any atom is 0.360 e. The Bertz CT molecular complexity index is 29.4. The van der Waals surface area contributed by atoms with Crippen LogP contribution in [0.3, 0.4) is 0 Å². The number of hydrogen-bond acceptors (Lipinski definition) is 0. The lowest BCUT2D eigenvalue weighted by molar-refractivity contribution is 0.700. The molecular formula is C7H16Mg. The van der Waals surface area contributed by atoms with Crippen LogP contribution in [0.15, 0.2) is 0 Å². The maximum atomic E-state index is 2.39. The highest BCUT2D eigenvalue weighted by Gasteiger charge is 1.86. The number of hydrogen-bond donors (Lipinski definition) is 0. The van der Waals surface area contributed by atoms with Gasteiger partial charge in [0.2, 0.25) is 0 Å². The molecule has 46 valence electrons. The SMILES string of the molecule is CCCCC[CH2][Mg][CH3]. The molecule has 0 aromatic carbocycles. The molecule has 0 atom stereocenters. The minimum atomic E-state index is 0.386. The van der Waals surface area contributed by atoms with Gasteiger partial charge in [-0.05, 0) is 0 Å². The first-order valence-corrected chi connectivity index (χ1v) is 6.33. The first-order valence-electron chi connectivity index (χ1n) is 3.91. The van der Waals surface area contributed by atoms with Crippen molar-refractivity contribution in [3.8, 4) is 0 Å². The summed E-state index contributed by atoms with van der Waals surface area (Å²) >= 11 is 0.386. The molecule has 0 aromatic heterocycles. The van der Waals surface area contributed by atoms with Crippen molar-refractivity contribution in [3.63, 3.8) is 0 Å². The molecule has 0 aliphatic heterocycles. The molecule has 0 radical (unpaired) electrons. The summed E-state index contributed by atoms with van der Waals surface area (Å²) < 4.78 is 1.57. The fourth-order valence-corrected chi connectivity index (χ4v) is 1.71. The highest BCUT2D eigenvalue weighted by Crippen LogP contribution is 2.01. The summed E-state index contributed by atoms with van der Waals surface area (Å²) in [6, 6.07) is 0. The quantitative estimate of drug-likeness (QED) is 0.391. The molecule has 0 saturated heterocycles. The summed E-state index contributed by atoms with van der Waals surface area (Å²) in [6.07, 6.45) is 5.83. The zero-order valence-electron chi connectivity index (χ0n) is 6.24. The highest BCUT2D eigenvalue weighted by molar-refractivity contribution is 6.33. The van der Waals surface area contributed by atoms with Gasteiger partial charge in [-0.2, -0.15) is 5.05 Å². The van der Waals surface area contributed by atoms with Crippen molar-refractivity contribution in [3.05, 3.63) is 0 Å². The van der Waals surface area contributed by atoms with E-state index >= 15 is 0 Å². The van der Waals surface area contributed by atoms with Crippen LogP contribution < -0.4 is 0 Å². The van der Waals surface area contributed by atoms with E-state index in [4.69, 9.17) is 0 Å². The lowest BCUT2D eigenvalue weighted by Gasteiger charge is -1.93. The van der Waals surface area contributed by atoms with Crippen molar-refractivity contribution in [1.82, 2.24) is 0 Å². The predicted molar refractivity (Wildman–Crippen MR) is 40.6 cm³/mol. The van der Waals surface area contributed by atoms with Crippen molar-refractivity contribution >= 4 is 20.4 Å². The van der Waals surface area contributed by atoms with E-state index in [9.17, 15) is 0 Å². The van der Waals surface area contributed by atoms with Crippen molar-refractivity contribution in [2.24, 2.45) is 0 Å². The minimum absolute atomic E-state index is 0.386. The molecule has 0 amide bonds. The summed E-state index contributed by atoms with van der Waals surface area (Å²) in [6.45, 7) is 2.27. The Balaban J connectivity index is 2.53. The molecule has 0 spiro atoms. The van der Waals surface area contributed by atoms with E-state index in [0.717, 1.165) is 0 Å². The Morgan fingerprint density at radius 3 is 2.38 bits per heavy atom. The predicted octanol–water partition coefficient (Wildman–Crippen LogP) is 2.74. The topological polar surface area (TPSA) is 0 Å². The van der Waals surface area contributed by atoms with Gasteiger partial charge in [0.1, 0.15) is 0 Å². The summed E-state index contributed by atoms with van der Waals surface area (Å²) in [5.41, 5.74) is 0. The van der Waals surface area contributed by atoms with E-state index in [0.29, 0.717) is 20.4 Å². The van der Waals surface area contributed by atoms with Gasteiger partial charge in [-0.15, -0.1) is 4.55 Å². The van der Waals surface area contributed by atoms with Gasteiger partial charge in [0, 0.05) is 0 Å². The molecule has 0 nitrogen and oxygen atoms in total. The molecule has 0 aromatic rings. The van der Waals surface area contributed by atoms with Gasteiger partial charge in [0.15, 0.2) is 0 Å². The third-order valence-electron chi connectivity index (χ3n) is 1.46. The molecule has 0 rings (SSSR count). The monoisotopic (exact) mass is 124 g/mol. The van der Waals surface area contributed by atoms with E-state index in [-0.39, 0.29) is 0 Å². The molecule has 0 fully saturated rings. The van der Waals surface area contributed by atoms with Crippen LogP contribution >= 0.6 is 0 Å². The third-order valence-corrected chi connectivity index (χ3v) is 2.66. The van der Waals surface area contributed by atoms with Gasteiger partial charge in [-0.25, -0.2) is 0 Å². The van der Waals surface area contributed by atoms with Crippen LogP contribution in [-0.2, 0) is 0 Å². The lowest BCUT2D eigenvalue weighted by atomic mass is 10.2. The lowest BCUT2D eigenvalue weighted by Crippen LogP contribution is -1.80. The van der Waals surface area contributed by atoms with Gasteiger partial charge >= 0.3 is 20.4 Å². The normalized spacial score (nSPS) is 8.75.